The van der Waals surface area contributed by atoms with Crippen molar-refractivity contribution in [2.75, 3.05) is 0 Å². The van der Waals surface area contributed by atoms with E-state index in [0.717, 1.165) is 49.9 Å². The first-order valence-corrected chi connectivity index (χ1v) is 9.62. The summed E-state index contributed by atoms with van der Waals surface area (Å²) in [7, 11) is 0. The highest BCUT2D eigenvalue weighted by atomic mass is 16.2. The topological polar surface area (TPSA) is 72.2 Å². The molecular formula is C19H32N2O2. The summed E-state index contributed by atoms with van der Waals surface area (Å²) in [5, 5.41) is 3.04. The molecular weight excluding hydrogens is 288 g/mol. The molecule has 130 valence electrons. The van der Waals surface area contributed by atoms with Crippen molar-refractivity contribution in [1.82, 2.24) is 5.32 Å². The first kappa shape index (κ1) is 16.8. The molecule has 0 aromatic carbocycles. The fourth-order valence-electron chi connectivity index (χ4n) is 5.76. The second kappa shape index (κ2) is 6.82. The summed E-state index contributed by atoms with van der Waals surface area (Å²) in [4.78, 5) is 24.7. The van der Waals surface area contributed by atoms with Crippen molar-refractivity contribution in [3.8, 4) is 0 Å². The largest absolute Gasteiger partial charge is 0.368 e. The maximum atomic E-state index is 13.0. The zero-order valence-electron chi connectivity index (χ0n) is 14.5. The van der Waals surface area contributed by atoms with Gasteiger partial charge in [-0.2, -0.15) is 0 Å². The Kier molecular flexibility index (Phi) is 4.98. The predicted octanol–water partition coefficient (Wildman–Crippen LogP) is 3.14. The summed E-state index contributed by atoms with van der Waals surface area (Å²) >= 11 is 0. The number of hydrogen-bond donors (Lipinski definition) is 2. The molecule has 0 radical (unpaired) electrons. The number of amides is 2. The Morgan fingerprint density at radius 2 is 1.61 bits per heavy atom. The number of unbranched alkanes of at least 4 members (excludes halogenated alkanes) is 3. The van der Waals surface area contributed by atoms with Crippen molar-refractivity contribution in [3.05, 3.63) is 0 Å². The molecule has 0 heterocycles. The van der Waals surface area contributed by atoms with Gasteiger partial charge < -0.3 is 11.1 Å². The maximum Gasteiger partial charge on any atom is 0.239 e. The van der Waals surface area contributed by atoms with Crippen LogP contribution in [-0.4, -0.2) is 17.9 Å². The van der Waals surface area contributed by atoms with Gasteiger partial charge in [0.25, 0.3) is 0 Å². The maximum absolute atomic E-state index is 13.0. The third-order valence-electron chi connectivity index (χ3n) is 6.52. The highest BCUT2D eigenvalue weighted by Crippen LogP contribution is 2.60. The molecule has 4 heteroatoms. The van der Waals surface area contributed by atoms with Gasteiger partial charge in [0, 0.05) is 5.41 Å². The molecule has 2 amide bonds. The smallest absolute Gasteiger partial charge is 0.239 e. The van der Waals surface area contributed by atoms with Gasteiger partial charge in [-0.15, -0.1) is 0 Å². The zero-order valence-corrected chi connectivity index (χ0v) is 14.5. The Balaban J connectivity index is 1.59. The number of rotatable bonds is 8. The number of hydrogen-bond acceptors (Lipinski definition) is 2. The molecule has 4 saturated carbocycles. The summed E-state index contributed by atoms with van der Waals surface area (Å²) in [6, 6.07) is -0.479. The van der Waals surface area contributed by atoms with Gasteiger partial charge in [0.05, 0.1) is 0 Å². The normalized spacial score (nSPS) is 36.0. The first-order valence-electron chi connectivity index (χ1n) is 9.62. The van der Waals surface area contributed by atoms with E-state index in [9.17, 15) is 9.59 Å². The number of nitrogens with one attached hydrogen (secondary N) is 1. The zero-order chi connectivity index (χ0) is 16.4. The average Bonchev–Trinajstić information content (AvgIpc) is 2.48. The van der Waals surface area contributed by atoms with Gasteiger partial charge in [-0.05, 0) is 62.7 Å². The lowest BCUT2D eigenvalue weighted by Crippen LogP contribution is -2.56. The molecule has 0 aromatic rings. The highest BCUT2D eigenvalue weighted by molar-refractivity contribution is 5.89. The second-order valence-electron chi connectivity index (χ2n) is 8.48. The van der Waals surface area contributed by atoms with E-state index in [4.69, 9.17) is 5.73 Å². The van der Waals surface area contributed by atoms with Crippen LogP contribution in [0.1, 0.15) is 77.6 Å². The SMILES string of the molecule is CCCCCC[C@@H](NC(=O)C12CC3CC(CC(C3)C1)C2)C(N)=O. The summed E-state index contributed by atoms with van der Waals surface area (Å²) in [5.74, 6) is 1.96. The number of primary amides is 1. The lowest BCUT2D eigenvalue weighted by atomic mass is 9.49. The minimum Gasteiger partial charge on any atom is -0.368 e. The van der Waals surface area contributed by atoms with E-state index < -0.39 is 6.04 Å². The summed E-state index contributed by atoms with van der Waals surface area (Å²) < 4.78 is 0. The Labute approximate surface area is 140 Å². The van der Waals surface area contributed by atoms with Crippen LogP contribution in [-0.2, 0) is 9.59 Å². The fraction of sp³-hybridized carbons (Fsp3) is 0.895. The van der Waals surface area contributed by atoms with E-state index in [2.05, 4.69) is 12.2 Å². The lowest BCUT2D eigenvalue weighted by molar-refractivity contribution is -0.148. The molecule has 23 heavy (non-hydrogen) atoms. The van der Waals surface area contributed by atoms with Crippen LogP contribution in [0.2, 0.25) is 0 Å². The van der Waals surface area contributed by atoms with Gasteiger partial charge in [0.1, 0.15) is 6.04 Å². The first-order chi connectivity index (χ1) is 11.0. The summed E-state index contributed by atoms with van der Waals surface area (Å²) in [5.41, 5.74) is 5.35. The molecule has 4 aliphatic carbocycles. The molecule has 4 rings (SSSR count). The van der Waals surface area contributed by atoms with E-state index in [1.54, 1.807) is 0 Å². The van der Waals surface area contributed by atoms with Crippen LogP contribution in [0.4, 0.5) is 0 Å². The molecule has 0 saturated heterocycles. The Hall–Kier alpha value is -1.06. The molecule has 4 aliphatic rings. The van der Waals surface area contributed by atoms with Gasteiger partial charge in [0.2, 0.25) is 11.8 Å². The molecule has 0 unspecified atom stereocenters. The Bertz CT molecular complexity index is 425. The van der Waals surface area contributed by atoms with Crippen molar-refractivity contribution in [3.63, 3.8) is 0 Å². The van der Waals surface area contributed by atoms with Crippen molar-refractivity contribution in [1.29, 1.82) is 0 Å². The van der Waals surface area contributed by atoms with E-state index in [1.807, 2.05) is 0 Å². The molecule has 0 spiro atoms. The van der Waals surface area contributed by atoms with Gasteiger partial charge >= 0.3 is 0 Å². The molecule has 1 atom stereocenters. The monoisotopic (exact) mass is 320 g/mol. The van der Waals surface area contributed by atoms with Gasteiger partial charge in [-0.1, -0.05) is 32.6 Å². The molecule has 0 aliphatic heterocycles. The van der Waals surface area contributed by atoms with Crippen LogP contribution in [0.5, 0.6) is 0 Å². The fourth-order valence-corrected chi connectivity index (χ4v) is 5.76. The van der Waals surface area contributed by atoms with Crippen LogP contribution in [0, 0.1) is 23.2 Å². The van der Waals surface area contributed by atoms with E-state index in [-0.39, 0.29) is 17.2 Å². The quantitative estimate of drug-likeness (QED) is 0.674. The van der Waals surface area contributed by atoms with Gasteiger partial charge in [0.15, 0.2) is 0 Å². The van der Waals surface area contributed by atoms with Crippen LogP contribution in [0.3, 0.4) is 0 Å². The van der Waals surface area contributed by atoms with E-state index in [0.29, 0.717) is 6.42 Å². The number of carbonyl (C=O) groups excluding carboxylic acids is 2. The lowest BCUT2D eigenvalue weighted by Gasteiger charge is -2.55. The second-order valence-corrected chi connectivity index (χ2v) is 8.48. The standard InChI is InChI=1S/C19H32N2O2/c1-2-3-4-5-6-16(17(20)22)21-18(23)19-10-13-7-14(11-19)9-15(8-13)12-19/h13-16H,2-12H2,1H3,(H2,20,22)(H,21,23)/t13?,14?,15?,16-,19?/m1/s1. The third kappa shape index (κ3) is 3.56. The highest BCUT2D eigenvalue weighted by Gasteiger charge is 2.54. The van der Waals surface area contributed by atoms with E-state index in [1.165, 1.54) is 32.1 Å². The van der Waals surface area contributed by atoms with Crippen LogP contribution < -0.4 is 11.1 Å². The Morgan fingerprint density at radius 3 is 2.09 bits per heavy atom. The van der Waals surface area contributed by atoms with E-state index >= 15 is 0 Å². The molecule has 4 fully saturated rings. The van der Waals surface area contributed by atoms with Gasteiger partial charge in [-0.25, -0.2) is 0 Å². The van der Waals surface area contributed by atoms with Crippen molar-refractivity contribution >= 4 is 11.8 Å². The average molecular weight is 320 g/mol. The van der Waals surface area contributed by atoms with Crippen molar-refractivity contribution in [2.45, 2.75) is 83.6 Å². The molecule has 3 N–H and O–H groups in total. The predicted molar refractivity (Wildman–Crippen MR) is 90.5 cm³/mol. The Morgan fingerprint density at radius 1 is 1.04 bits per heavy atom. The van der Waals surface area contributed by atoms with Crippen LogP contribution >= 0.6 is 0 Å². The number of carbonyl (C=O) groups is 2. The molecule has 0 aromatic heterocycles. The minimum absolute atomic E-state index is 0.121. The molecule has 4 bridgehead atoms. The van der Waals surface area contributed by atoms with Crippen LogP contribution in [0.15, 0.2) is 0 Å². The molecule has 4 nitrogen and oxygen atoms in total. The summed E-state index contributed by atoms with van der Waals surface area (Å²) in [6.07, 6.45) is 12.2. The summed E-state index contributed by atoms with van der Waals surface area (Å²) in [6.45, 7) is 2.17. The van der Waals surface area contributed by atoms with Crippen molar-refractivity contribution < 1.29 is 9.59 Å². The van der Waals surface area contributed by atoms with Crippen LogP contribution in [0.25, 0.3) is 0 Å². The van der Waals surface area contributed by atoms with Crippen molar-refractivity contribution in [2.24, 2.45) is 28.9 Å². The minimum atomic E-state index is -0.479. The number of nitrogens with two attached hydrogens (primary N) is 1. The third-order valence-corrected chi connectivity index (χ3v) is 6.52. The van der Waals surface area contributed by atoms with Gasteiger partial charge in [-0.3, -0.25) is 9.59 Å².